The van der Waals surface area contributed by atoms with E-state index in [4.69, 9.17) is 0 Å². The van der Waals surface area contributed by atoms with Crippen LogP contribution in [0.2, 0.25) is 0 Å². The van der Waals surface area contributed by atoms with Gasteiger partial charge in [0.1, 0.15) is 5.69 Å². The van der Waals surface area contributed by atoms with E-state index < -0.39 is 4.92 Å². The summed E-state index contributed by atoms with van der Waals surface area (Å²) in [6.07, 6.45) is 5.59. The second kappa shape index (κ2) is 7.40. The number of anilines is 1. The minimum Gasteiger partial charge on any atom is -0.366 e. The van der Waals surface area contributed by atoms with Crippen LogP contribution in [0.4, 0.5) is 11.4 Å². The Labute approximate surface area is 173 Å². The lowest BCUT2D eigenvalue weighted by molar-refractivity contribution is -0.384. The first-order valence-corrected chi connectivity index (χ1v) is 10.3. The van der Waals surface area contributed by atoms with Crippen LogP contribution < -0.4 is 4.90 Å². The van der Waals surface area contributed by atoms with Gasteiger partial charge < -0.3 is 9.80 Å². The van der Waals surface area contributed by atoms with Crippen molar-refractivity contribution < 1.29 is 9.72 Å². The number of nitro benzene ring substituents is 1. The highest BCUT2D eigenvalue weighted by molar-refractivity contribution is 5.96. The maximum absolute atomic E-state index is 13.3. The van der Waals surface area contributed by atoms with Crippen molar-refractivity contribution in [2.75, 3.05) is 24.5 Å². The first-order valence-electron chi connectivity index (χ1n) is 10.3. The molecule has 2 fully saturated rings. The van der Waals surface area contributed by atoms with Gasteiger partial charge in [-0.3, -0.25) is 19.3 Å². The summed E-state index contributed by atoms with van der Waals surface area (Å²) >= 11 is 0. The van der Waals surface area contributed by atoms with Gasteiger partial charge in [-0.1, -0.05) is 6.07 Å². The second-order valence-electron chi connectivity index (χ2n) is 7.80. The molecule has 0 N–H and O–H groups in total. The first kappa shape index (κ1) is 18.5. The van der Waals surface area contributed by atoms with E-state index in [1.807, 2.05) is 33.7 Å². The molecule has 9 heteroatoms. The molecule has 0 saturated carbocycles. The van der Waals surface area contributed by atoms with Crippen LogP contribution in [-0.2, 0) is 0 Å². The van der Waals surface area contributed by atoms with Crippen LogP contribution in [-0.4, -0.2) is 50.0 Å². The molecule has 0 bridgehead atoms. The van der Waals surface area contributed by atoms with E-state index in [0.29, 0.717) is 17.8 Å². The third-order valence-corrected chi connectivity index (χ3v) is 6.02. The molecule has 0 spiro atoms. The minimum absolute atomic E-state index is 0.00794. The average molecular weight is 406 g/mol. The number of aromatic nitrogens is 3. The van der Waals surface area contributed by atoms with Crippen LogP contribution in [0.3, 0.4) is 0 Å². The first-order chi connectivity index (χ1) is 14.6. The normalized spacial score (nSPS) is 19.0. The van der Waals surface area contributed by atoms with E-state index in [9.17, 15) is 14.9 Å². The standard InChI is InChI=1S/C21H22N6O3/c28-21(15-8-9-16(18(14-15)27(29)30)24-10-3-4-11-24)25-13-5-6-17(25)20-23-22-19-7-1-2-12-26(19)20/h1-2,7-9,12,14,17H,3-6,10-11,13H2/t17-/m1/s1. The number of likely N-dealkylation sites (tertiary alicyclic amines) is 1. The highest BCUT2D eigenvalue weighted by Crippen LogP contribution is 2.35. The van der Waals surface area contributed by atoms with Crippen LogP contribution >= 0.6 is 0 Å². The molecule has 4 heterocycles. The third-order valence-electron chi connectivity index (χ3n) is 6.02. The second-order valence-corrected chi connectivity index (χ2v) is 7.80. The molecule has 2 aliphatic heterocycles. The molecule has 2 aromatic heterocycles. The van der Waals surface area contributed by atoms with Gasteiger partial charge >= 0.3 is 0 Å². The zero-order valence-corrected chi connectivity index (χ0v) is 16.5. The number of hydrogen-bond acceptors (Lipinski definition) is 6. The Hall–Kier alpha value is -3.49. The summed E-state index contributed by atoms with van der Waals surface area (Å²) in [7, 11) is 0. The van der Waals surface area contributed by atoms with E-state index in [1.54, 1.807) is 17.0 Å². The lowest BCUT2D eigenvalue weighted by Crippen LogP contribution is -2.31. The Morgan fingerprint density at radius 3 is 2.70 bits per heavy atom. The molecule has 0 radical (unpaired) electrons. The topological polar surface area (TPSA) is 96.9 Å². The van der Waals surface area contributed by atoms with Crippen molar-refractivity contribution in [1.82, 2.24) is 19.5 Å². The SMILES string of the molecule is O=C(c1ccc(N2CCCC2)c([N+](=O)[O-])c1)N1CCC[C@@H]1c1nnc2ccccn12. The van der Waals surface area contributed by atoms with Crippen molar-refractivity contribution in [3.63, 3.8) is 0 Å². The summed E-state index contributed by atoms with van der Waals surface area (Å²) in [5.74, 6) is 0.515. The molecule has 1 aromatic carbocycles. The van der Waals surface area contributed by atoms with Gasteiger partial charge in [0.15, 0.2) is 11.5 Å². The van der Waals surface area contributed by atoms with Crippen molar-refractivity contribution in [2.45, 2.75) is 31.7 Å². The van der Waals surface area contributed by atoms with Crippen LogP contribution in [0.25, 0.3) is 5.65 Å². The van der Waals surface area contributed by atoms with Crippen LogP contribution in [0, 0.1) is 10.1 Å². The number of carbonyl (C=O) groups excluding carboxylic acids is 1. The van der Waals surface area contributed by atoms with Gasteiger partial charge in [-0.05, 0) is 49.9 Å². The third kappa shape index (κ3) is 3.06. The molecule has 1 atom stereocenters. The monoisotopic (exact) mass is 406 g/mol. The summed E-state index contributed by atoms with van der Waals surface area (Å²) in [5.41, 5.74) is 1.66. The molecule has 1 amide bonds. The Morgan fingerprint density at radius 2 is 1.90 bits per heavy atom. The number of benzene rings is 1. The fourth-order valence-corrected chi connectivity index (χ4v) is 4.56. The highest BCUT2D eigenvalue weighted by Gasteiger charge is 2.35. The molecular weight excluding hydrogens is 384 g/mol. The molecule has 3 aromatic rings. The lowest BCUT2D eigenvalue weighted by Gasteiger charge is -2.24. The van der Waals surface area contributed by atoms with Gasteiger partial charge in [-0.2, -0.15) is 0 Å². The van der Waals surface area contributed by atoms with Crippen molar-refractivity contribution in [3.05, 3.63) is 64.1 Å². The number of pyridine rings is 1. The smallest absolute Gasteiger partial charge is 0.293 e. The number of rotatable bonds is 4. The molecule has 2 aliphatic rings. The van der Waals surface area contributed by atoms with Crippen molar-refractivity contribution in [2.24, 2.45) is 0 Å². The Morgan fingerprint density at radius 1 is 1.07 bits per heavy atom. The van der Waals surface area contributed by atoms with Gasteiger partial charge in [0.25, 0.3) is 11.6 Å². The number of nitro groups is 1. The Bertz CT molecular complexity index is 1120. The predicted molar refractivity (Wildman–Crippen MR) is 111 cm³/mol. The Kier molecular flexibility index (Phi) is 4.57. The largest absolute Gasteiger partial charge is 0.366 e. The maximum atomic E-state index is 13.3. The summed E-state index contributed by atoms with van der Waals surface area (Å²) in [4.78, 5) is 28.4. The minimum atomic E-state index is -0.391. The van der Waals surface area contributed by atoms with Crippen LogP contribution in [0.15, 0.2) is 42.6 Å². The van der Waals surface area contributed by atoms with Crippen molar-refractivity contribution in [1.29, 1.82) is 0 Å². The summed E-state index contributed by atoms with van der Waals surface area (Å²) in [6.45, 7) is 2.21. The summed E-state index contributed by atoms with van der Waals surface area (Å²) in [5, 5.41) is 20.2. The zero-order valence-electron chi connectivity index (χ0n) is 16.5. The molecule has 154 valence electrons. The number of fused-ring (bicyclic) bond motifs is 1. The molecule has 2 saturated heterocycles. The van der Waals surface area contributed by atoms with E-state index in [2.05, 4.69) is 10.2 Å². The quantitative estimate of drug-likeness (QED) is 0.487. The number of carbonyl (C=O) groups is 1. The maximum Gasteiger partial charge on any atom is 0.293 e. The number of hydrogen-bond donors (Lipinski definition) is 0. The molecule has 9 nitrogen and oxygen atoms in total. The number of amides is 1. The van der Waals surface area contributed by atoms with Crippen LogP contribution in [0.5, 0.6) is 0 Å². The number of nitrogens with zero attached hydrogens (tertiary/aromatic N) is 6. The fourth-order valence-electron chi connectivity index (χ4n) is 4.56. The predicted octanol–water partition coefficient (Wildman–Crippen LogP) is 3.22. The molecule has 0 aliphatic carbocycles. The van der Waals surface area contributed by atoms with E-state index in [-0.39, 0.29) is 17.6 Å². The van der Waals surface area contributed by atoms with E-state index in [0.717, 1.165) is 50.2 Å². The van der Waals surface area contributed by atoms with E-state index in [1.165, 1.54) is 6.07 Å². The molecule has 30 heavy (non-hydrogen) atoms. The van der Waals surface area contributed by atoms with Crippen LogP contribution in [0.1, 0.15) is 47.9 Å². The van der Waals surface area contributed by atoms with Crippen molar-refractivity contribution in [3.8, 4) is 0 Å². The summed E-state index contributed by atoms with van der Waals surface area (Å²) in [6, 6.07) is 10.3. The van der Waals surface area contributed by atoms with Gasteiger partial charge in [0, 0.05) is 37.5 Å². The van der Waals surface area contributed by atoms with Gasteiger partial charge in [-0.15, -0.1) is 10.2 Å². The van der Waals surface area contributed by atoms with Crippen molar-refractivity contribution >= 4 is 22.9 Å². The Balaban J connectivity index is 1.47. The van der Waals surface area contributed by atoms with Gasteiger partial charge in [-0.25, -0.2) is 0 Å². The lowest BCUT2D eigenvalue weighted by atomic mass is 10.1. The molecular formula is C21H22N6O3. The molecule has 0 unspecified atom stereocenters. The summed E-state index contributed by atoms with van der Waals surface area (Å²) < 4.78 is 1.90. The van der Waals surface area contributed by atoms with Gasteiger partial charge in [0.2, 0.25) is 0 Å². The average Bonchev–Trinajstić information content (AvgIpc) is 3.52. The zero-order chi connectivity index (χ0) is 20.7. The molecule has 5 rings (SSSR count). The fraction of sp³-hybridized carbons (Fsp3) is 0.381. The highest BCUT2D eigenvalue weighted by atomic mass is 16.6. The van der Waals surface area contributed by atoms with E-state index >= 15 is 0 Å². The van der Waals surface area contributed by atoms with Gasteiger partial charge in [0.05, 0.1) is 11.0 Å².